The summed E-state index contributed by atoms with van der Waals surface area (Å²) >= 11 is 2.66. The molecule has 3 heteroatoms. The minimum absolute atomic E-state index is 1.00. The normalized spacial score (nSPS) is 5.12. The molecule has 2 radical (unpaired) electrons. The van der Waals surface area contributed by atoms with E-state index >= 15 is 0 Å². The SMILES string of the molecule is CC[CH2][Al].CO.CO. The van der Waals surface area contributed by atoms with E-state index in [0.717, 1.165) is 14.2 Å². The summed E-state index contributed by atoms with van der Waals surface area (Å²) < 4.78 is 0. The highest BCUT2D eigenvalue weighted by molar-refractivity contribution is 6.08. The molecule has 0 aliphatic carbocycles. The van der Waals surface area contributed by atoms with Crippen molar-refractivity contribution in [2.75, 3.05) is 14.2 Å². The van der Waals surface area contributed by atoms with Crippen molar-refractivity contribution in [1.29, 1.82) is 0 Å². The topological polar surface area (TPSA) is 40.5 Å². The zero-order chi connectivity index (χ0) is 7.41. The van der Waals surface area contributed by atoms with Gasteiger partial charge in [0.2, 0.25) is 0 Å². The Balaban J connectivity index is -0.0000000542. The number of aliphatic hydroxyl groups is 2. The minimum atomic E-state index is 1.00. The van der Waals surface area contributed by atoms with Crippen LogP contribution in [0, 0.1) is 0 Å². The molecule has 2 nitrogen and oxygen atoms in total. The molecule has 0 aliphatic heterocycles. The van der Waals surface area contributed by atoms with Gasteiger partial charge in [0.15, 0.2) is 0 Å². The summed E-state index contributed by atoms with van der Waals surface area (Å²) in [6, 6.07) is 0. The zero-order valence-corrected chi connectivity index (χ0v) is 7.04. The largest absolute Gasteiger partial charge is 0.400 e. The van der Waals surface area contributed by atoms with Crippen LogP contribution in [0.5, 0.6) is 0 Å². The smallest absolute Gasteiger partial charge is 0.118 e. The van der Waals surface area contributed by atoms with Gasteiger partial charge in [0.25, 0.3) is 0 Å². The second kappa shape index (κ2) is 51.6. The van der Waals surface area contributed by atoms with Gasteiger partial charge in [-0.2, -0.15) is 0 Å². The van der Waals surface area contributed by atoms with E-state index in [9.17, 15) is 0 Å². The fourth-order valence-electron chi connectivity index (χ4n) is 0. The summed E-state index contributed by atoms with van der Waals surface area (Å²) in [5.41, 5.74) is 0. The Morgan fingerprint density at radius 1 is 1.12 bits per heavy atom. The van der Waals surface area contributed by atoms with Gasteiger partial charge in [0.1, 0.15) is 16.3 Å². The number of rotatable bonds is 1. The molecule has 0 saturated heterocycles. The standard InChI is InChI=1S/C3H7.2CH4O.Al/c1-3-2;2*1-2;/h1,3H2,2H3;2*2H,1H3;. The Hall–Kier alpha value is 0.452. The molecule has 8 heavy (non-hydrogen) atoms. The third-order valence-electron chi connectivity index (χ3n) is 0.289. The van der Waals surface area contributed by atoms with Gasteiger partial charge in [-0.25, -0.2) is 0 Å². The third kappa shape index (κ3) is 90.9. The van der Waals surface area contributed by atoms with E-state index in [2.05, 4.69) is 23.2 Å². The molecule has 0 aromatic heterocycles. The summed E-state index contributed by atoms with van der Waals surface area (Å²) in [6.07, 6.45) is 1.28. The van der Waals surface area contributed by atoms with Gasteiger partial charge in [-0.05, 0) is 0 Å². The lowest BCUT2D eigenvalue weighted by atomic mass is 10.6. The molecule has 50 valence electrons. The van der Waals surface area contributed by atoms with E-state index in [1.165, 1.54) is 11.7 Å². The molecule has 0 heterocycles. The van der Waals surface area contributed by atoms with Crippen LogP contribution in [0.15, 0.2) is 0 Å². The third-order valence-corrected chi connectivity index (χ3v) is 0.866. The molecule has 0 unspecified atom stereocenters. The maximum absolute atomic E-state index is 7.00. The lowest BCUT2D eigenvalue weighted by molar-refractivity contribution is 0.399. The lowest BCUT2D eigenvalue weighted by Crippen LogP contribution is -1.55. The van der Waals surface area contributed by atoms with Gasteiger partial charge in [-0.15, -0.1) is 5.28 Å². The summed E-state index contributed by atoms with van der Waals surface area (Å²) in [4.78, 5) is 0. The molecule has 0 aromatic carbocycles. The maximum atomic E-state index is 7.00. The fraction of sp³-hybridized carbons (Fsp3) is 1.00. The molecule has 0 spiro atoms. The van der Waals surface area contributed by atoms with Crippen molar-refractivity contribution >= 4 is 16.3 Å². The monoisotopic (exact) mass is 134 g/mol. The second-order valence-electron chi connectivity index (χ2n) is 0.789. The van der Waals surface area contributed by atoms with Crippen molar-refractivity contribution in [2.24, 2.45) is 0 Å². The van der Waals surface area contributed by atoms with Crippen LogP contribution in [-0.2, 0) is 0 Å². The zero-order valence-electron chi connectivity index (χ0n) is 5.89. The highest BCUT2D eigenvalue weighted by Crippen LogP contribution is 1.73. The van der Waals surface area contributed by atoms with Gasteiger partial charge in [-0.1, -0.05) is 13.3 Å². The Bertz CT molecular complexity index is 12.4. The average Bonchev–Trinajstić information content (AvgIpc) is 1.96. The first-order valence-electron chi connectivity index (χ1n) is 2.51. The van der Waals surface area contributed by atoms with Crippen LogP contribution in [0.3, 0.4) is 0 Å². The van der Waals surface area contributed by atoms with Crippen molar-refractivity contribution in [1.82, 2.24) is 0 Å². The molecular weight excluding hydrogens is 119 g/mol. The van der Waals surface area contributed by atoms with E-state index in [1.54, 1.807) is 0 Å². The molecular formula is C5H15AlO2. The maximum Gasteiger partial charge on any atom is 0.118 e. The molecule has 0 atom stereocenters. The molecule has 0 saturated carbocycles. The van der Waals surface area contributed by atoms with E-state index < -0.39 is 0 Å². The van der Waals surface area contributed by atoms with Crippen LogP contribution in [-0.4, -0.2) is 40.7 Å². The summed E-state index contributed by atoms with van der Waals surface area (Å²) in [6.45, 7) is 2.16. The Morgan fingerprint density at radius 2 is 1.25 bits per heavy atom. The quantitative estimate of drug-likeness (QED) is 0.503. The van der Waals surface area contributed by atoms with Crippen LogP contribution in [0.1, 0.15) is 13.3 Å². The van der Waals surface area contributed by atoms with Crippen LogP contribution in [0.25, 0.3) is 0 Å². The van der Waals surface area contributed by atoms with Crippen LogP contribution in [0.4, 0.5) is 0 Å². The van der Waals surface area contributed by atoms with E-state index in [4.69, 9.17) is 10.2 Å². The highest BCUT2D eigenvalue weighted by atomic mass is 27.0. The molecule has 0 fully saturated rings. The minimum Gasteiger partial charge on any atom is -0.400 e. The Morgan fingerprint density at radius 3 is 1.25 bits per heavy atom. The second-order valence-corrected chi connectivity index (χ2v) is 1.37. The number of aliphatic hydroxyl groups excluding tert-OH is 2. The summed E-state index contributed by atoms with van der Waals surface area (Å²) in [5, 5.41) is 15.2. The van der Waals surface area contributed by atoms with Crippen molar-refractivity contribution in [3.63, 3.8) is 0 Å². The van der Waals surface area contributed by atoms with Gasteiger partial charge in [0, 0.05) is 14.2 Å². The first-order valence-corrected chi connectivity index (χ1v) is 3.33. The van der Waals surface area contributed by atoms with Crippen LogP contribution < -0.4 is 0 Å². The highest BCUT2D eigenvalue weighted by Gasteiger charge is 1.56. The average molecular weight is 134 g/mol. The molecule has 0 aromatic rings. The first kappa shape index (κ1) is 15.8. The van der Waals surface area contributed by atoms with Crippen LogP contribution in [0.2, 0.25) is 5.28 Å². The number of hydrogen-bond donors (Lipinski definition) is 2. The van der Waals surface area contributed by atoms with Crippen LogP contribution >= 0.6 is 0 Å². The van der Waals surface area contributed by atoms with Gasteiger partial charge in [0.05, 0.1) is 0 Å². The Labute approximate surface area is 60.0 Å². The molecule has 0 bridgehead atoms. The first-order chi connectivity index (χ1) is 3.91. The van der Waals surface area contributed by atoms with Crippen molar-refractivity contribution in [2.45, 2.75) is 18.6 Å². The molecule has 0 amide bonds. The lowest BCUT2D eigenvalue weighted by Gasteiger charge is -1.68. The number of hydrogen-bond acceptors (Lipinski definition) is 2. The Kier molecular flexibility index (Phi) is 102. The predicted molar refractivity (Wildman–Crippen MR) is 37.1 cm³/mol. The fourth-order valence-corrected chi connectivity index (χ4v) is 0. The van der Waals surface area contributed by atoms with Gasteiger partial charge in [-0.3, -0.25) is 0 Å². The predicted octanol–water partition coefficient (Wildman–Crippen LogP) is 0.200. The summed E-state index contributed by atoms with van der Waals surface area (Å²) in [5.74, 6) is 0. The summed E-state index contributed by atoms with van der Waals surface area (Å²) in [7, 11) is 2.00. The van der Waals surface area contributed by atoms with E-state index in [0.29, 0.717) is 0 Å². The van der Waals surface area contributed by atoms with E-state index in [-0.39, 0.29) is 0 Å². The van der Waals surface area contributed by atoms with E-state index in [1.807, 2.05) is 0 Å². The van der Waals surface area contributed by atoms with Crippen molar-refractivity contribution in [3.8, 4) is 0 Å². The van der Waals surface area contributed by atoms with Crippen molar-refractivity contribution < 1.29 is 10.2 Å². The van der Waals surface area contributed by atoms with Crippen molar-refractivity contribution in [3.05, 3.63) is 0 Å². The molecule has 0 rings (SSSR count). The molecule has 2 N–H and O–H groups in total. The van der Waals surface area contributed by atoms with Gasteiger partial charge >= 0.3 is 0 Å². The molecule has 0 aliphatic rings. The van der Waals surface area contributed by atoms with Gasteiger partial charge < -0.3 is 10.2 Å².